The molecule has 2 aromatic rings. The second-order valence-electron chi connectivity index (χ2n) is 6.77. The lowest BCUT2D eigenvalue weighted by Gasteiger charge is -2.20. The number of carboxylic acids is 1. The molecule has 0 unspecified atom stereocenters. The Balaban J connectivity index is 1.58. The number of carbonyl (C=O) groups excluding carboxylic acids is 3. The molecule has 4 N–H and O–H groups in total. The number of fused-ring (bicyclic) bond motifs is 3. The maximum Gasteiger partial charge on any atom is 0.407 e. The number of primary amides is 1. The van der Waals surface area contributed by atoms with Gasteiger partial charge >= 0.3 is 12.1 Å². The van der Waals surface area contributed by atoms with Crippen molar-refractivity contribution in [1.29, 1.82) is 0 Å². The van der Waals surface area contributed by atoms with Crippen LogP contribution in [0.1, 0.15) is 29.9 Å². The van der Waals surface area contributed by atoms with Crippen LogP contribution in [-0.4, -0.2) is 37.3 Å². The summed E-state index contributed by atoms with van der Waals surface area (Å²) in [4.78, 5) is 34.1. The van der Waals surface area contributed by atoms with Gasteiger partial charge in [-0.25, -0.2) is 9.59 Å². The lowest BCUT2D eigenvalue weighted by atomic mass is 9.98. The van der Waals surface area contributed by atoms with Crippen LogP contribution >= 0.6 is 0 Å². The highest BCUT2D eigenvalue weighted by Crippen LogP contribution is 2.44. The number of rotatable bonds is 8. The quantitative estimate of drug-likeness (QED) is 0.575. The number of benzene rings is 2. The Morgan fingerprint density at radius 3 is 2.17 bits per heavy atom. The number of hydrogen-bond donors (Lipinski definition) is 3. The van der Waals surface area contributed by atoms with Gasteiger partial charge in [-0.15, -0.1) is 0 Å². The molecule has 0 saturated heterocycles. The molecule has 8 nitrogen and oxygen atoms in total. The Kier molecular flexibility index (Phi) is 6.33. The number of carbonyl (C=O) groups is 3. The average molecular weight is 396 g/mol. The van der Waals surface area contributed by atoms with Gasteiger partial charge in [0, 0.05) is 12.5 Å². The summed E-state index contributed by atoms with van der Waals surface area (Å²) >= 11 is 0. The van der Waals surface area contributed by atoms with Crippen LogP contribution in [0.2, 0.25) is 0 Å². The van der Waals surface area contributed by atoms with Crippen molar-refractivity contribution in [2.24, 2.45) is 5.73 Å². The van der Waals surface area contributed by atoms with E-state index >= 15 is 0 Å². The molecule has 152 valence electrons. The summed E-state index contributed by atoms with van der Waals surface area (Å²) in [5.41, 5.74) is 9.29. The third-order valence-electron chi connectivity index (χ3n) is 4.89. The van der Waals surface area contributed by atoms with Crippen molar-refractivity contribution in [3.63, 3.8) is 0 Å². The van der Waals surface area contributed by atoms with Crippen LogP contribution in [0.15, 0.2) is 48.5 Å². The first-order valence-corrected chi connectivity index (χ1v) is 9.33. The van der Waals surface area contributed by atoms with Gasteiger partial charge in [0.15, 0.2) is 0 Å². The number of hydrogen-bond acceptors (Lipinski definition) is 5. The molecule has 0 spiro atoms. The molecule has 0 aliphatic heterocycles. The summed E-state index contributed by atoms with van der Waals surface area (Å²) in [6.07, 6.45) is -0.443. The molecular formula is C21H22N3O5-. The van der Waals surface area contributed by atoms with Crippen LogP contribution < -0.4 is 21.5 Å². The van der Waals surface area contributed by atoms with Gasteiger partial charge in [-0.2, -0.15) is 0 Å². The highest BCUT2D eigenvalue weighted by molar-refractivity contribution is 5.80. The van der Waals surface area contributed by atoms with Crippen molar-refractivity contribution >= 4 is 18.1 Å². The van der Waals surface area contributed by atoms with E-state index < -0.39 is 24.1 Å². The summed E-state index contributed by atoms with van der Waals surface area (Å²) in [5.74, 6) is -1.54. The van der Waals surface area contributed by atoms with E-state index in [2.05, 4.69) is 10.6 Å². The van der Waals surface area contributed by atoms with Crippen molar-refractivity contribution in [1.82, 2.24) is 10.6 Å². The first kappa shape index (κ1) is 20.2. The lowest BCUT2D eigenvalue weighted by Crippen LogP contribution is -2.48. The van der Waals surface area contributed by atoms with Crippen LogP contribution in [0.5, 0.6) is 0 Å². The summed E-state index contributed by atoms with van der Waals surface area (Å²) in [6.45, 7) is 0.286. The topological polar surface area (TPSA) is 134 Å². The van der Waals surface area contributed by atoms with E-state index in [9.17, 15) is 19.5 Å². The number of urea groups is 1. The average Bonchev–Trinajstić information content (AvgIpc) is 3.02. The summed E-state index contributed by atoms with van der Waals surface area (Å²) in [5, 5.41) is 15.9. The second-order valence-corrected chi connectivity index (χ2v) is 6.77. The van der Waals surface area contributed by atoms with E-state index in [4.69, 9.17) is 10.5 Å². The predicted octanol–water partition coefficient (Wildman–Crippen LogP) is 1.09. The SMILES string of the molecule is NC(=O)NCCC[C@@H](NC(=O)OCC1c2ccccc2-c2ccccc21)C(=O)[O-]. The van der Waals surface area contributed by atoms with Gasteiger partial charge in [0.05, 0.1) is 12.0 Å². The summed E-state index contributed by atoms with van der Waals surface area (Å²) in [7, 11) is 0. The maximum atomic E-state index is 12.2. The third-order valence-corrected chi connectivity index (χ3v) is 4.89. The Morgan fingerprint density at radius 1 is 1.03 bits per heavy atom. The van der Waals surface area contributed by atoms with E-state index in [1.54, 1.807) is 0 Å². The van der Waals surface area contributed by atoms with Crippen molar-refractivity contribution in [3.8, 4) is 11.1 Å². The fourth-order valence-electron chi connectivity index (χ4n) is 3.55. The van der Waals surface area contributed by atoms with Gasteiger partial charge in [-0.05, 0) is 35.1 Å². The van der Waals surface area contributed by atoms with Crippen LogP contribution in [0.25, 0.3) is 11.1 Å². The number of amides is 3. The zero-order chi connectivity index (χ0) is 20.8. The predicted molar refractivity (Wildman–Crippen MR) is 104 cm³/mol. The fourth-order valence-corrected chi connectivity index (χ4v) is 3.55. The molecule has 8 heteroatoms. The molecule has 29 heavy (non-hydrogen) atoms. The number of aliphatic carboxylic acids is 1. The van der Waals surface area contributed by atoms with Gasteiger partial charge < -0.3 is 31.0 Å². The van der Waals surface area contributed by atoms with Crippen molar-refractivity contribution < 1.29 is 24.2 Å². The Hall–Kier alpha value is -3.55. The number of nitrogens with two attached hydrogens (primary N) is 1. The molecule has 0 radical (unpaired) electrons. The minimum atomic E-state index is -1.42. The number of nitrogens with one attached hydrogen (secondary N) is 2. The molecule has 1 atom stereocenters. The van der Waals surface area contributed by atoms with Crippen LogP contribution in [0, 0.1) is 0 Å². The molecule has 0 heterocycles. The van der Waals surface area contributed by atoms with E-state index in [-0.39, 0.29) is 25.5 Å². The number of alkyl carbamates (subject to hydrolysis) is 1. The highest BCUT2D eigenvalue weighted by Gasteiger charge is 2.29. The smallest absolute Gasteiger partial charge is 0.407 e. The highest BCUT2D eigenvalue weighted by atomic mass is 16.5. The van der Waals surface area contributed by atoms with Crippen LogP contribution in [-0.2, 0) is 9.53 Å². The molecule has 0 aromatic heterocycles. The minimum absolute atomic E-state index is 0.0762. The monoisotopic (exact) mass is 396 g/mol. The lowest BCUT2D eigenvalue weighted by molar-refractivity contribution is -0.308. The molecule has 1 aliphatic carbocycles. The van der Waals surface area contributed by atoms with E-state index in [1.807, 2.05) is 48.5 Å². The molecular weight excluding hydrogens is 374 g/mol. The largest absolute Gasteiger partial charge is 0.548 e. The Labute approximate surface area is 168 Å². The molecule has 1 aliphatic rings. The molecule has 0 fully saturated rings. The third kappa shape index (κ3) is 4.84. The maximum absolute atomic E-state index is 12.2. The Morgan fingerprint density at radius 2 is 1.62 bits per heavy atom. The molecule has 3 amide bonds. The first-order chi connectivity index (χ1) is 14.0. The van der Waals surface area contributed by atoms with Gasteiger partial charge in [-0.1, -0.05) is 48.5 Å². The van der Waals surface area contributed by atoms with E-state index in [0.717, 1.165) is 22.3 Å². The summed E-state index contributed by atoms with van der Waals surface area (Å²) < 4.78 is 5.33. The van der Waals surface area contributed by atoms with Crippen molar-refractivity contribution in [2.75, 3.05) is 13.2 Å². The molecule has 0 bridgehead atoms. The zero-order valence-corrected chi connectivity index (χ0v) is 15.7. The number of ether oxygens (including phenoxy) is 1. The molecule has 3 rings (SSSR count). The normalized spacial score (nSPS) is 13.1. The molecule has 0 saturated carbocycles. The Bertz CT molecular complexity index is 869. The first-order valence-electron chi connectivity index (χ1n) is 9.33. The van der Waals surface area contributed by atoms with E-state index in [0.29, 0.717) is 6.42 Å². The van der Waals surface area contributed by atoms with Crippen molar-refractivity contribution in [3.05, 3.63) is 59.7 Å². The van der Waals surface area contributed by atoms with Crippen LogP contribution in [0.3, 0.4) is 0 Å². The zero-order valence-electron chi connectivity index (χ0n) is 15.7. The van der Waals surface area contributed by atoms with Gasteiger partial charge in [0.1, 0.15) is 6.61 Å². The van der Waals surface area contributed by atoms with Crippen LogP contribution in [0.4, 0.5) is 9.59 Å². The number of carboxylic acid groups (broad SMARTS) is 1. The van der Waals surface area contributed by atoms with Gasteiger partial charge in [0.2, 0.25) is 0 Å². The van der Waals surface area contributed by atoms with Gasteiger partial charge in [0.25, 0.3) is 0 Å². The fraction of sp³-hybridized carbons (Fsp3) is 0.286. The second kappa shape index (κ2) is 9.09. The molecule has 2 aromatic carbocycles. The minimum Gasteiger partial charge on any atom is -0.548 e. The summed E-state index contributed by atoms with van der Waals surface area (Å²) in [6, 6.07) is 13.9. The van der Waals surface area contributed by atoms with Gasteiger partial charge in [-0.3, -0.25) is 0 Å². The van der Waals surface area contributed by atoms with Crippen molar-refractivity contribution in [2.45, 2.75) is 24.8 Å². The standard InChI is InChI=1S/C21H23N3O5/c22-20(27)23-11-5-10-18(19(25)26)24-21(28)29-12-17-15-8-3-1-6-13(15)14-7-2-4-9-16(14)17/h1-4,6-9,17-18H,5,10-12H2,(H,24,28)(H,25,26)(H3,22,23,27)/p-1/t18-/m1/s1. The van der Waals surface area contributed by atoms with E-state index in [1.165, 1.54) is 0 Å².